The number of nitrogens with zero attached hydrogens (tertiary/aromatic N) is 7. The van der Waals surface area contributed by atoms with E-state index < -0.39 is 0 Å². The summed E-state index contributed by atoms with van der Waals surface area (Å²) in [5.74, 6) is 3.37. The van der Waals surface area contributed by atoms with E-state index in [1.165, 1.54) is 0 Å². The number of terminal acetylenes is 1. The monoisotopic (exact) mass is 528 g/mol. The highest BCUT2D eigenvalue weighted by molar-refractivity contribution is 5.97. The molecular formula is C29H36N8O2. The summed E-state index contributed by atoms with van der Waals surface area (Å²) in [5, 5.41) is 25.5. The van der Waals surface area contributed by atoms with Crippen molar-refractivity contribution in [2.75, 3.05) is 54.4 Å². The number of anilines is 3. The van der Waals surface area contributed by atoms with Crippen LogP contribution in [0, 0.1) is 26.2 Å². The van der Waals surface area contributed by atoms with Crippen molar-refractivity contribution in [2.24, 2.45) is 7.05 Å². The van der Waals surface area contributed by atoms with Gasteiger partial charge in [0.15, 0.2) is 0 Å². The predicted octanol–water partition coefficient (Wildman–Crippen LogP) is 2.21. The minimum absolute atomic E-state index is 0.0227. The molecule has 0 unspecified atom stereocenters. The Hall–Kier alpha value is -4.10. The standard InChI is InChI=1S/C29H36N8O2/c1-5-22-8-6-7-9-27(22)35-12-10-23(11-13-35)30-26-17-25(20(2)16-21(26)3)28(39)36-14-15-37(24(18-36)19-38)29-31-32-33-34(29)4/h1,6-9,16-17,23-24,30,38H,10-15,18-19H2,2-4H3/t24-/m0/s1. The molecule has 2 aliphatic heterocycles. The Morgan fingerprint density at radius 3 is 2.59 bits per heavy atom. The van der Waals surface area contributed by atoms with Gasteiger partial charge in [-0.3, -0.25) is 4.79 Å². The maximum Gasteiger partial charge on any atom is 0.254 e. The van der Waals surface area contributed by atoms with E-state index in [4.69, 9.17) is 6.42 Å². The number of piperazine rings is 1. The number of piperidine rings is 1. The van der Waals surface area contributed by atoms with Crippen LogP contribution in [0.3, 0.4) is 0 Å². The molecule has 1 atom stereocenters. The summed E-state index contributed by atoms with van der Waals surface area (Å²) >= 11 is 0. The summed E-state index contributed by atoms with van der Waals surface area (Å²) in [4.78, 5) is 19.8. The van der Waals surface area contributed by atoms with Crippen molar-refractivity contribution < 1.29 is 9.90 Å². The van der Waals surface area contributed by atoms with Crippen molar-refractivity contribution in [1.82, 2.24) is 25.1 Å². The zero-order valence-corrected chi connectivity index (χ0v) is 22.8. The van der Waals surface area contributed by atoms with Crippen LogP contribution in [-0.2, 0) is 7.05 Å². The van der Waals surface area contributed by atoms with Gasteiger partial charge < -0.3 is 25.1 Å². The third-order valence-corrected chi connectivity index (χ3v) is 7.89. The van der Waals surface area contributed by atoms with Gasteiger partial charge in [-0.2, -0.15) is 0 Å². The van der Waals surface area contributed by atoms with Crippen LogP contribution in [0.2, 0.25) is 0 Å². The number of aromatic nitrogens is 4. The number of rotatable bonds is 6. The highest BCUT2D eigenvalue weighted by Gasteiger charge is 2.33. The molecule has 1 aromatic heterocycles. The lowest BCUT2D eigenvalue weighted by molar-refractivity contribution is 0.0697. The maximum absolute atomic E-state index is 13.7. The normalized spacial score (nSPS) is 18.2. The quantitative estimate of drug-likeness (QED) is 0.470. The molecule has 2 aliphatic rings. The largest absolute Gasteiger partial charge is 0.394 e. The van der Waals surface area contributed by atoms with Crippen LogP contribution >= 0.6 is 0 Å². The van der Waals surface area contributed by atoms with Gasteiger partial charge in [-0.25, -0.2) is 4.68 Å². The number of nitrogens with one attached hydrogen (secondary N) is 1. The second kappa shape index (κ2) is 11.3. The first-order valence-corrected chi connectivity index (χ1v) is 13.5. The summed E-state index contributed by atoms with van der Waals surface area (Å²) in [6, 6.07) is 12.2. The van der Waals surface area contributed by atoms with E-state index in [2.05, 4.69) is 50.7 Å². The van der Waals surface area contributed by atoms with E-state index in [1.807, 2.05) is 41.0 Å². The first-order valence-electron chi connectivity index (χ1n) is 13.5. The lowest BCUT2D eigenvalue weighted by atomic mass is 9.99. The Balaban J connectivity index is 1.26. The molecular weight excluding hydrogens is 492 g/mol. The minimum atomic E-state index is -0.277. The first-order chi connectivity index (χ1) is 18.9. The number of hydrogen-bond donors (Lipinski definition) is 2. The number of carbonyl (C=O) groups excluding carboxylic acids is 1. The van der Waals surface area contributed by atoms with Crippen LogP contribution in [0.5, 0.6) is 0 Å². The molecule has 2 fully saturated rings. The Morgan fingerprint density at radius 2 is 1.90 bits per heavy atom. The van der Waals surface area contributed by atoms with Gasteiger partial charge in [0.25, 0.3) is 5.91 Å². The molecule has 2 saturated heterocycles. The zero-order chi connectivity index (χ0) is 27.5. The third-order valence-electron chi connectivity index (χ3n) is 7.89. The molecule has 2 aromatic carbocycles. The van der Waals surface area contributed by atoms with Crippen LogP contribution in [0.4, 0.5) is 17.3 Å². The Morgan fingerprint density at radius 1 is 1.13 bits per heavy atom. The van der Waals surface area contributed by atoms with Crippen LogP contribution in [0.1, 0.15) is 39.9 Å². The highest BCUT2D eigenvalue weighted by atomic mass is 16.3. The second-order valence-corrected chi connectivity index (χ2v) is 10.4. The number of para-hydroxylation sites is 1. The lowest BCUT2D eigenvalue weighted by Crippen LogP contribution is -2.57. The van der Waals surface area contributed by atoms with Gasteiger partial charge in [0.1, 0.15) is 0 Å². The molecule has 0 spiro atoms. The van der Waals surface area contributed by atoms with Crippen LogP contribution < -0.4 is 15.1 Å². The van der Waals surface area contributed by atoms with Gasteiger partial charge in [-0.05, 0) is 66.4 Å². The topological polar surface area (TPSA) is 103 Å². The Kier molecular flexibility index (Phi) is 7.70. The van der Waals surface area contributed by atoms with Crippen molar-refractivity contribution in [3.8, 4) is 12.3 Å². The number of aliphatic hydroxyl groups excluding tert-OH is 1. The fourth-order valence-electron chi connectivity index (χ4n) is 5.69. The molecule has 0 radical (unpaired) electrons. The number of hydrogen-bond acceptors (Lipinski definition) is 8. The zero-order valence-electron chi connectivity index (χ0n) is 22.8. The summed E-state index contributed by atoms with van der Waals surface area (Å²) in [6.07, 6.45) is 7.67. The molecule has 0 bridgehead atoms. The van der Waals surface area contributed by atoms with Crippen LogP contribution in [0.15, 0.2) is 36.4 Å². The van der Waals surface area contributed by atoms with Crippen molar-refractivity contribution >= 4 is 23.2 Å². The smallest absolute Gasteiger partial charge is 0.254 e. The van der Waals surface area contributed by atoms with Crippen molar-refractivity contribution in [3.05, 3.63) is 58.7 Å². The Labute approximate surface area is 229 Å². The van der Waals surface area contributed by atoms with Gasteiger partial charge in [-0.15, -0.1) is 6.42 Å². The van der Waals surface area contributed by atoms with Crippen molar-refractivity contribution in [1.29, 1.82) is 0 Å². The number of benzene rings is 2. The second-order valence-electron chi connectivity index (χ2n) is 10.4. The average Bonchev–Trinajstić information content (AvgIpc) is 3.39. The lowest BCUT2D eigenvalue weighted by Gasteiger charge is -2.40. The molecule has 1 amide bonds. The van der Waals surface area contributed by atoms with E-state index in [0.717, 1.165) is 54.0 Å². The third kappa shape index (κ3) is 5.40. The number of aliphatic hydroxyl groups is 1. The highest BCUT2D eigenvalue weighted by Crippen LogP contribution is 2.28. The molecule has 3 heterocycles. The summed E-state index contributed by atoms with van der Waals surface area (Å²) < 4.78 is 1.58. The number of carbonyl (C=O) groups is 1. The molecule has 10 heteroatoms. The predicted molar refractivity (Wildman–Crippen MR) is 152 cm³/mol. The molecule has 0 saturated carbocycles. The molecule has 39 heavy (non-hydrogen) atoms. The maximum atomic E-state index is 13.7. The van der Waals surface area contributed by atoms with E-state index >= 15 is 0 Å². The molecule has 0 aliphatic carbocycles. The number of aryl methyl sites for hydroxylation is 3. The van der Waals surface area contributed by atoms with Crippen LogP contribution in [0.25, 0.3) is 0 Å². The van der Waals surface area contributed by atoms with Gasteiger partial charge in [0, 0.05) is 62.6 Å². The molecule has 10 nitrogen and oxygen atoms in total. The van der Waals surface area contributed by atoms with E-state index in [-0.39, 0.29) is 18.6 Å². The van der Waals surface area contributed by atoms with Gasteiger partial charge in [0.2, 0.25) is 5.95 Å². The number of tetrazole rings is 1. The van der Waals surface area contributed by atoms with Gasteiger partial charge >= 0.3 is 0 Å². The molecule has 204 valence electrons. The van der Waals surface area contributed by atoms with Crippen molar-refractivity contribution in [2.45, 2.75) is 38.8 Å². The van der Waals surface area contributed by atoms with Gasteiger partial charge in [-0.1, -0.05) is 29.2 Å². The van der Waals surface area contributed by atoms with E-state index in [1.54, 1.807) is 11.7 Å². The molecule has 5 rings (SSSR count). The Bertz CT molecular complexity index is 1370. The molecule has 2 N–H and O–H groups in total. The van der Waals surface area contributed by atoms with Crippen molar-refractivity contribution in [3.63, 3.8) is 0 Å². The van der Waals surface area contributed by atoms with Gasteiger partial charge in [0.05, 0.1) is 18.3 Å². The minimum Gasteiger partial charge on any atom is -0.394 e. The van der Waals surface area contributed by atoms with E-state index in [9.17, 15) is 9.90 Å². The molecule has 3 aromatic rings. The SMILES string of the molecule is C#Cc1ccccc1N1CCC(Nc2cc(C(=O)N3CCN(c4nnnn4C)[C@H](CO)C3)c(C)cc2C)CC1. The number of amides is 1. The fourth-order valence-corrected chi connectivity index (χ4v) is 5.69. The van der Waals surface area contributed by atoms with E-state index in [0.29, 0.717) is 37.2 Å². The summed E-state index contributed by atoms with van der Waals surface area (Å²) in [7, 11) is 1.77. The summed E-state index contributed by atoms with van der Waals surface area (Å²) in [6.45, 7) is 7.27. The average molecular weight is 529 g/mol. The summed E-state index contributed by atoms with van der Waals surface area (Å²) in [5.41, 5.74) is 5.80. The van der Waals surface area contributed by atoms with Crippen LogP contribution in [-0.4, -0.2) is 87.5 Å². The fraction of sp³-hybridized carbons (Fsp3) is 0.448. The first kappa shape index (κ1) is 26.5.